The largest absolute Gasteiger partial charge is 0.329 e. The summed E-state index contributed by atoms with van der Waals surface area (Å²) in [6, 6.07) is 14.7. The molecule has 4 rings (SSSR count). The highest BCUT2D eigenvalue weighted by Gasteiger charge is 2.31. The molecule has 0 amide bonds. The van der Waals surface area contributed by atoms with E-state index in [1.54, 1.807) is 10.6 Å². The van der Waals surface area contributed by atoms with Gasteiger partial charge in [-0.05, 0) is 6.07 Å². The van der Waals surface area contributed by atoms with Crippen molar-refractivity contribution in [3.05, 3.63) is 70.0 Å². The molecule has 0 spiro atoms. The highest BCUT2D eigenvalue weighted by atomic mass is 35.5. The zero-order chi connectivity index (χ0) is 15.3. The average molecular weight is 327 g/mol. The van der Waals surface area contributed by atoms with Crippen LogP contribution < -0.4 is 11.3 Å². The molecular weight excluding hydrogens is 312 g/mol. The van der Waals surface area contributed by atoms with Gasteiger partial charge in [0.1, 0.15) is 0 Å². The lowest BCUT2D eigenvalue weighted by molar-refractivity contribution is 0.104. The molecule has 1 aliphatic carbocycles. The molecule has 0 saturated carbocycles. The first-order valence-electron chi connectivity index (χ1n) is 7.23. The number of pyridine rings is 1. The van der Waals surface area contributed by atoms with Crippen LogP contribution in [0.3, 0.4) is 0 Å². The maximum absolute atomic E-state index is 12.8. The second kappa shape index (κ2) is 5.65. The molecule has 1 aliphatic rings. The summed E-state index contributed by atoms with van der Waals surface area (Å²) in [5.41, 5.74) is 8.37. The van der Waals surface area contributed by atoms with Crippen molar-refractivity contribution in [3.8, 4) is 11.3 Å². The number of hydrogen-bond acceptors (Lipinski definition) is 3. The molecule has 0 unspecified atom stereocenters. The fourth-order valence-corrected chi connectivity index (χ4v) is 3.27. The number of halogens is 1. The van der Waals surface area contributed by atoms with Gasteiger partial charge in [0.05, 0.1) is 11.3 Å². The average Bonchev–Trinajstić information content (AvgIpc) is 2.85. The summed E-state index contributed by atoms with van der Waals surface area (Å²) in [6.45, 7) is 0.745. The predicted molar refractivity (Wildman–Crippen MR) is 93.4 cm³/mol. The number of ketones is 1. The maximum Gasteiger partial charge on any atom is 0.258 e. The molecule has 2 N–H and O–H groups in total. The first kappa shape index (κ1) is 15.5. The van der Waals surface area contributed by atoms with E-state index in [0.29, 0.717) is 35.3 Å². The first-order valence-corrected chi connectivity index (χ1v) is 7.23. The van der Waals surface area contributed by atoms with Crippen molar-refractivity contribution in [2.45, 2.75) is 6.54 Å². The van der Waals surface area contributed by atoms with Crippen LogP contribution >= 0.6 is 12.4 Å². The zero-order valence-corrected chi connectivity index (χ0v) is 13.1. The predicted octanol–water partition coefficient (Wildman–Crippen LogP) is 2.59. The highest BCUT2D eigenvalue weighted by molar-refractivity contribution is 6.26. The van der Waals surface area contributed by atoms with E-state index in [2.05, 4.69) is 0 Å². The van der Waals surface area contributed by atoms with Gasteiger partial charge in [0.2, 0.25) is 0 Å². The molecule has 2 aromatic carbocycles. The van der Waals surface area contributed by atoms with Gasteiger partial charge in [-0.3, -0.25) is 9.59 Å². The van der Waals surface area contributed by atoms with Gasteiger partial charge in [0.25, 0.3) is 5.56 Å². The molecule has 1 aromatic heterocycles. The molecule has 116 valence electrons. The van der Waals surface area contributed by atoms with E-state index in [1.165, 1.54) is 0 Å². The van der Waals surface area contributed by atoms with Crippen LogP contribution in [-0.2, 0) is 6.54 Å². The fraction of sp³-hybridized carbons (Fsp3) is 0.111. The van der Waals surface area contributed by atoms with E-state index in [0.717, 1.165) is 10.9 Å². The fourth-order valence-electron chi connectivity index (χ4n) is 3.27. The van der Waals surface area contributed by atoms with Gasteiger partial charge in [0.15, 0.2) is 5.78 Å². The Kier molecular flexibility index (Phi) is 3.80. The summed E-state index contributed by atoms with van der Waals surface area (Å²) < 4.78 is 1.64. The number of carbonyl (C=O) groups excluding carboxylic acids is 1. The summed E-state index contributed by atoms with van der Waals surface area (Å²) in [4.78, 5) is 25.6. The van der Waals surface area contributed by atoms with E-state index < -0.39 is 0 Å². The van der Waals surface area contributed by atoms with Gasteiger partial charge < -0.3 is 10.3 Å². The van der Waals surface area contributed by atoms with Crippen LogP contribution in [0, 0.1) is 0 Å². The second-order valence-electron chi connectivity index (χ2n) is 5.39. The van der Waals surface area contributed by atoms with Gasteiger partial charge in [-0.25, -0.2) is 0 Å². The lowest BCUT2D eigenvalue weighted by Gasteiger charge is -2.14. The topological polar surface area (TPSA) is 65.1 Å². The second-order valence-corrected chi connectivity index (χ2v) is 5.39. The van der Waals surface area contributed by atoms with E-state index in [9.17, 15) is 9.59 Å². The molecule has 0 fully saturated rings. The first-order chi connectivity index (χ1) is 10.7. The van der Waals surface area contributed by atoms with Crippen molar-refractivity contribution in [2.24, 2.45) is 5.73 Å². The van der Waals surface area contributed by atoms with Crippen molar-refractivity contribution < 1.29 is 4.79 Å². The SMILES string of the molecule is Cl.NCCn1c2c(c3ccccc3c1=O)C(=O)c1ccccc1-2. The molecular formula is C18H15ClN2O2. The summed E-state index contributed by atoms with van der Waals surface area (Å²) in [5.74, 6) is -0.0208. The summed E-state index contributed by atoms with van der Waals surface area (Å²) in [6.07, 6.45) is 0. The molecule has 5 heteroatoms. The molecule has 0 atom stereocenters. The number of hydrogen-bond donors (Lipinski definition) is 1. The highest BCUT2D eigenvalue weighted by Crippen LogP contribution is 2.38. The number of fused-ring (bicyclic) bond motifs is 5. The van der Waals surface area contributed by atoms with Gasteiger partial charge in [-0.15, -0.1) is 12.4 Å². The smallest absolute Gasteiger partial charge is 0.258 e. The number of benzene rings is 2. The lowest BCUT2D eigenvalue weighted by Crippen LogP contribution is -2.26. The minimum absolute atomic E-state index is 0. The Morgan fingerprint density at radius 1 is 0.870 bits per heavy atom. The molecule has 0 aliphatic heterocycles. The normalized spacial score (nSPS) is 12.0. The number of aromatic nitrogens is 1. The Hall–Kier alpha value is -2.43. The lowest BCUT2D eigenvalue weighted by atomic mass is 10.0. The third-order valence-corrected chi connectivity index (χ3v) is 4.19. The van der Waals surface area contributed by atoms with Crippen molar-refractivity contribution >= 4 is 29.0 Å². The Labute approximate surface area is 139 Å². The van der Waals surface area contributed by atoms with Crippen LogP contribution in [0.4, 0.5) is 0 Å². The monoisotopic (exact) mass is 326 g/mol. The summed E-state index contributed by atoms with van der Waals surface area (Å²) in [7, 11) is 0. The van der Waals surface area contributed by atoms with Gasteiger partial charge in [-0.1, -0.05) is 42.5 Å². The minimum atomic E-state index is -0.0932. The Bertz CT molecular complexity index is 992. The maximum atomic E-state index is 12.8. The molecule has 0 saturated heterocycles. The number of nitrogens with zero attached hydrogens (tertiary/aromatic N) is 1. The van der Waals surface area contributed by atoms with E-state index in [-0.39, 0.29) is 23.7 Å². The van der Waals surface area contributed by atoms with Crippen molar-refractivity contribution in [2.75, 3.05) is 6.54 Å². The number of nitrogens with two attached hydrogens (primary N) is 1. The van der Waals surface area contributed by atoms with Gasteiger partial charge in [-0.2, -0.15) is 0 Å². The van der Waals surface area contributed by atoms with Crippen LogP contribution in [0.25, 0.3) is 22.0 Å². The van der Waals surface area contributed by atoms with Crippen LogP contribution in [0.5, 0.6) is 0 Å². The molecule has 4 nitrogen and oxygen atoms in total. The summed E-state index contributed by atoms with van der Waals surface area (Å²) in [5, 5.41) is 1.29. The van der Waals surface area contributed by atoms with E-state index >= 15 is 0 Å². The minimum Gasteiger partial charge on any atom is -0.329 e. The standard InChI is InChI=1S/C18H14N2O2.ClH/c19-9-10-20-16-12-6-2-3-7-13(12)17(21)15(16)11-5-1-4-8-14(11)18(20)22;/h1-8H,9-10,19H2;1H. The van der Waals surface area contributed by atoms with Gasteiger partial charge >= 0.3 is 0 Å². The Morgan fingerprint density at radius 2 is 1.48 bits per heavy atom. The zero-order valence-electron chi connectivity index (χ0n) is 12.3. The summed E-state index contributed by atoms with van der Waals surface area (Å²) >= 11 is 0. The van der Waals surface area contributed by atoms with Crippen LogP contribution in [0.1, 0.15) is 15.9 Å². The molecule has 3 aromatic rings. The Balaban J connectivity index is 0.00000156. The van der Waals surface area contributed by atoms with Crippen LogP contribution in [0.15, 0.2) is 53.3 Å². The molecule has 23 heavy (non-hydrogen) atoms. The Morgan fingerprint density at radius 3 is 2.17 bits per heavy atom. The molecule has 1 heterocycles. The van der Waals surface area contributed by atoms with Crippen molar-refractivity contribution in [3.63, 3.8) is 0 Å². The number of carbonyl (C=O) groups is 1. The van der Waals surface area contributed by atoms with Crippen molar-refractivity contribution in [1.82, 2.24) is 4.57 Å². The van der Waals surface area contributed by atoms with E-state index in [1.807, 2.05) is 42.5 Å². The quantitative estimate of drug-likeness (QED) is 0.616. The number of rotatable bonds is 2. The van der Waals surface area contributed by atoms with Gasteiger partial charge in [0, 0.05) is 35.0 Å². The van der Waals surface area contributed by atoms with Crippen LogP contribution in [-0.4, -0.2) is 16.9 Å². The molecule has 0 bridgehead atoms. The third kappa shape index (κ3) is 2.03. The van der Waals surface area contributed by atoms with Crippen molar-refractivity contribution in [1.29, 1.82) is 0 Å². The third-order valence-electron chi connectivity index (χ3n) is 4.19. The van der Waals surface area contributed by atoms with Crippen LogP contribution in [0.2, 0.25) is 0 Å². The molecule has 0 radical (unpaired) electrons. The van der Waals surface area contributed by atoms with E-state index in [4.69, 9.17) is 5.73 Å².